The van der Waals surface area contributed by atoms with Gasteiger partial charge in [-0.3, -0.25) is 4.68 Å². The summed E-state index contributed by atoms with van der Waals surface area (Å²) in [4.78, 5) is 8.71. The lowest BCUT2D eigenvalue weighted by molar-refractivity contribution is 0.0577. The van der Waals surface area contributed by atoms with Crippen LogP contribution in [0.15, 0.2) is 43.0 Å². The number of pyridine rings is 1. The molecule has 0 aliphatic heterocycles. The van der Waals surface area contributed by atoms with Crippen LogP contribution in [0.3, 0.4) is 0 Å². The third-order valence-corrected chi connectivity index (χ3v) is 4.37. The zero-order chi connectivity index (χ0) is 20.6. The summed E-state index contributed by atoms with van der Waals surface area (Å²) < 4.78 is 14.0. The number of fused-ring (bicyclic) bond motifs is 1. The Kier molecular flexibility index (Phi) is 4.67. The van der Waals surface area contributed by atoms with Gasteiger partial charge in [0.1, 0.15) is 0 Å². The first-order valence-corrected chi connectivity index (χ1v) is 9.06. The molecule has 0 aliphatic carbocycles. The Hall–Kier alpha value is -3.46. The number of ether oxygens (including phenoxy) is 2. The van der Waals surface area contributed by atoms with E-state index in [1.807, 2.05) is 24.4 Å². The molecule has 0 fully saturated rings. The normalized spacial score (nSPS) is 11.8. The molecule has 0 saturated heterocycles. The van der Waals surface area contributed by atoms with E-state index >= 15 is 0 Å². The quantitative estimate of drug-likeness (QED) is 0.536. The van der Waals surface area contributed by atoms with Gasteiger partial charge in [-0.1, -0.05) is 0 Å². The van der Waals surface area contributed by atoms with Gasteiger partial charge in [0.15, 0.2) is 5.65 Å². The van der Waals surface area contributed by atoms with E-state index in [2.05, 4.69) is 20.2 Å². The minimum Gasteiger partial charge on any atom is -0.481 e. The summed E-state index contributed by atoms with van der Waals surface area (Å²) in [5.74, 6) is 0.898. The molecule has 0 aliphatic rings. The van der Waals surface area contributed by atoms with Gasteiger partial charge in [0, 0.05) is 35.0 Å². The lowest BCUT2D eigenvalue weighted by Gasteiger charge is -2.16. The molecule has 0 bridgehead atoms. The molecule has 0 atom stereocenters. The molecule has 0 spiro atoms. The molecule has 29 heavy (non-hydrogen) atoms. The van der Waals surface area contributed by atoms with E-state index in [0.717, 1.165) is 22.4 Å². The van der Waals surface area contributed by atoms with Crippen LogP contribution < -0.4 is 9.47 Å². The molecule has 1 N–H and O–H groups in total. The number of methoxy groups -OCH3 is 2. The van der Waals surface area contributed by atoms with Crippen LogP contribution in [0.2, 0.25) is 0 Å². The second-order valence-corrected chi connectivity index (χ2v) is 7.34. The van der Waals surface area contributed by atoms with Gasteiger partial charge in [-0.05, 0) is 19.9 Å². The van der Waals surface area contributed by atoms with Gasteiger partial charge in [-0.15, -0.1) is 0 Å². The summed E-state index contributed by atoms with van der Waals surface area (Å²) in [5, 5.41) is 18.8. The van der Waals surface area contributed by atoms with Gasteiger partial charge < -0.3 is 14.6 Å². The van der Waals surface area contributed by atoms with E-state index in [-0.39, 0.29) is 0 Å². The van der Waals surface area contributed by atoms with Gasteiger partial charge >= 0.3 is 0 Å². The van der Waals surface area contributed by atoms with E-state index in [1.54, 1.807) is 55.9 Å². The summed E-state index contributed by atoms with van der Waals surface area (Å²) >= 11 is 0. The predicted molar refractivity (Wildman–Crippen MR) is 107 cm³/mol. The van der Waals surface area contributed by atoms with Gasteiger partial charge in [-0.2, -0.15) is 15.2 Å². The molecule has 0 radical (unpaired) electrons. The van der Waals surface area contributed by atoms with Crippen LogP contribution in [0.4, 0.5) is 0 Å². The van der Waals surface area contributed by atoms with E-state index < -0.39 is 5.60 Å². The van der Waals surface area contributed by atoms with Crippen LogP contribution in [0.1, 0.15) is 13.8 Å². The molecule has 0 aromatic carbocycles. The zero-order valence-electron chi connectivity index (χ0n) is 16.7. The van der Waals surface area contributed by atoms with E-state index in [0.29, 0.717) is 24.0 Å². The molecule has 4 aromatic heterocycles. The maximum atomic E-state index is 9.97. The van der Waals surface area contributed by atoms with Crippen LogP contribution in [-0.2, 0) is 6.54 Å². The summed E-state index contributed by atoms with van der Waals surface area (Å²) in [6.07, 6.45) is 7.15. The van der Waals surface area contributed by atoms with E-state index in [1.165, 1.54) is 0 Å². The van der Waals surface area contributed by atoms with Crippen molar-refractivity contribution >= 4 is 5.65 Å². The van der Waals surface area contributed by atoms with Crippen molar-refractivity contribution in [2.75, 3.05) is 14.2 Å². The highest BCUT2D eigenvalue weighted by atomic mass is 16.5. The number of nitrogens with zero attached hydrogens (tertiary/aromatic N) is 6. The van der Waals surface area contributed by atoms with E-state index in [4.69, 9.17) is 9.47 Å². The van der Waals surface area contributed by atoms with Crippen LogP contribution in [-0.4, -0.2) is 54.3 Å². The first-order chi connectivity index (χ1) is 13.9. The smallest absolute Gasteiger partial charge is 0.216 e. The second-order valence-electron chi connectivity index (χ2n) is 7.34. The second kappa shape index (κ2) is 7.17. The van der Waals surface area contributed by atoms with Crippen LogP contribution in [0.5, 0.6) is 11.8 Å². The Balaban J connectivity index is 1.70. The average molecular weight is 394 g/mol. The molecule has 0 unspecified atom stereocenters. The summed E-state index contributed by atoms with van der Waals surface area (Å²) in [7, 11) is 3.12. The van der Waals surface area contributed by atoms with Crippen LogP contribution in [0.25, 0.3) is 28.0 Å². The minimum atomic E-state index is -0.837. The van der Waals surface area contributed by atoms with Crippen molar-refractivity contribution in [1.29, 1.82) is 0 Å². The number of imidazole rings is 1. The largest absolute Gasteiger partial charge is 0.481 e. The first-order valence-electron chi connectivity index (χ1n) is 9.06. The van der Waals surface area contributed by atoms with Gasteiger partial charge in [0.25, 0.3) is 0 Å². The van der Waals surface area contributed by atoms with Crippen LogP contribution in [0, 0.1) is 0 Å². The standard InChI is InChI=1S/C20H22N6O3/c1-20(2,27)12-25-11-15(9-22-25)14-5-17-21-10-16(26(17)23-8-14)13-6-18(28-3)24-19(7-13)29-4/h5-11,27H,12H2,1-4H3. The maximum absolute atomic E-state index is 9.97. The number of aromatic nitrogens is 6. The molecular formula is C20H22N6O3. The number of hydrogen-bond acceptors (Lipinski definition) is 7. The summed E-state index contributed by atoms with van der Waals surface area (Å²) in [5.41, 5.74) is 3.28. The monoisotopic (exact) mass is 394 g/mol. The lowest BCUT2D eigenvalue weighted by atomic mass is 10.1. The van der Waals surface area contributed by atoms with Crippen LogP contribution >= 0.6 is 0 Å². The lowest BCUT2D eigenvalue weighted by Crippen LogP contribution is -2.26. The van der Waals surface area contributed by atoms with Gasteiger partial charge in [0.2, 0.25) is 11.8 Å². The van der Waals surface area contributed by atoms with Crippen molar-refractivity contribution in [3.05, 3.63) is 43.0 Å². The highest BCUT2D eigenvalue weighted by molar-refractivity contribution is 5.69. The molecule has 0 amide bonds. The fraction of sp³-hybridized carbons (Fsp3) is 0.300. The Bertz CT molecular complexity index is 1140. The summed E-state index contributed by atoms with van der Waals surface area (Å²) in [6, 6.07) is 5.56. The molecular weight excluding hydrogens is 372 g/mol. The van der Waals surface area contributed by atoms with Crippen molar-refractivity contribution in [3.63, 3.8) is 0 Å². The Morgan fingerprint density at radius 2 is 1.62 bits per heavy atom. The number of aliphatic hydroxyl groups is 1. The van der Waals surface area contributed by atoms with Crippen molar-refractivity contribution in [2.24, 2.45) is 0 Å². The topological polar surface area (TPSA) is 99.6 Å². The molecule has 150 valence electrons. The molecule has 9 heteroatoms. The molecule has 4 rings (SSSR count). The van der Waals surface area contributed by atoms with Crippen molar-refractivity contribution in [2.45, 2.75) is 26.0 Å². The molecule has 9 nitrogen and oxygen atoms in total. The Morgan fingerprint density at radius 3 is 2.28 bits per heavy atom. The fourth-order valence-electron chi connectivity index (χ4n) is 3.06. The molecule has 4 aromatic rings. The Morgan fingerprint density at radius 1 is 0.931 bits per heavy atom. The number of hydrogen-bond donors (Lipinski definition) is 1. The van der Waals surface area contributed by atoms with Gasteiger partial charge in [0.05, 0.1) is 50.6 Å². The van der Waals surface area contributed by atoms with Crippen molar-refractivity contribution < 1.29 is 14.6 Å². The first kappa shape index (κ1) is 18.9. The average Bonchev–Trinajstić information content (AvgIpc) is 3.32. The van der Waals surface area contributed by atoms with Crippen molar-refractivity contribution in [1.82, 2.24) is 29.4 Å². The van der Waals surface area contributed by atoms with Crippen molar-refractivity contribution in [3.8, 4) is 34.1 Å². The Labute approximate surface area is 167 Å². The molecule has 0 saturated carbocycles. The minimum absolute atomic E-state index is 0.405. The van der Waals surface area contributed by atoms with Gasteiger partial charge in [-0.25, -0.2) is 9.50 Å². The number of rotatable bonds is 6. The fourth-order valence-corrected chi connectivity index (χ4v) is 3.06. The summed E-state index contributed by atoms with van der Waals surface area (Å²) in [6.45, 7) is 3.90. The third-order valence-electron chi connectivity index (χ3n) is 4.37. The zero-order valence-corrected chi connectivity index (χ0v) is 16.7. The maximum Gasteiger partial charge on any atom is 0.216 e. The highest BCUT2D eigenvalue weighted by Crippen LogP contribution is 2.28. The molecule has 4 heterocycles. The van der Waals surface area contributed by atoms with E-state index in [9.17, 15) is 5.11 Å². The third kappa shape index (κ3) is 3.90. The highest BCUT2D eigenvalue weighted by Gasteiger charge is 2.16. The SMILES string of the molecule is COc1cc(-c2cnc3cc(-c4cnn(CC(C)(C)O)c4)cnn23)cc(OC)n1. The predicted octanol–water partition coefficient (Wildman–Crippen LogP) is 2.44.